The highest BCUT2D eigenvalue weighted by atomic mass is 16.2. The zero-order valence-corrected chi connectivity index (χ0v) is 35.1. The molecule has 0 aromatic rings. The van der Waals surface area contributed by atoms with Crippen LogP contribution in [0.1, 0.15) is 187 Å². The summed E-state index contributed by atoms with van der Waals surface area (Å²) in [5, 5.41) is 11.6. The zero-order valence-electron chi connectivity index (χ0n) is 35.1. The third kappa shape index (κ3) is 31.0. The Morgan fingerprint density at radius 3 is 1.30 bits per heavy atom. The Morgan fingerprint density at radius 2 is 0.821 bits per heavy atom. The molecule has 0 radical (unpaired) electrons. The van der Waals surface area contributed by atoms with Crippen LogP contribution in [0.25, 0.3) is 0 Å². The number of carbonyl (C=O) groups is 6. The maximum atomic E-state index is 13.4. The van der Waals surface area contributed by atoms with Gasteiger partial charge < -0.3 is 44.2 Å². The summed E-state index contributed by atoms with van der Waals surface area (Å²) in [6.07, 6.45) is 21.9. The van der Waals surface area contributed by atoms with Gasteiger partial charge in [-0.25, -0.2) is 0 Å². The van der Waals surface area contributed by atoms with Crippen molar-refractivity contribution in [1.29, 1.82) is 0 Å². The first-order valence-corrected chi connectivity index (χ1v) is 22.2. The molecule has 3 unspecified atom stereocenters. The van der Waals surface area contributed by atoms with E-state index in [1.54, 1.807) is 0 Å². The lowest BCUT2D eigenvalue weighted by Crippen LogP contribution is -2.53. The number of rotatable bonds is 40. The largest absolute Gasteiger partial charge is 0.368 e. The maximum absolute atomic E-state index is 13.4. The molecule has 326 valence electrons. The lowest BCUT2D eigenvalue weighted by Gasteiger charge is -2.23. The predicted octanol–water partition coefficient (Wildman–Crippen LogP) is 4.43. The van der Waals surface area contributed by atoms with Gasteiger partial charge >= 0.3 is 0 Å². The van der Waals surface area contributed by atoms with E-state index in [4.69, 9.17) is 22.9 Å². The molecule has 3 atom stereocenters. The minimum Gasteiger partial charge on any atom is -0.368 e. The summed E-state index contributed by atoms with van der Waals surface area (Å²) in [6.45, 7) is 4.18. The van der Waals surface area contributed by atoms with Crippen molar-refractivity contribution in [2.24, 2.45) is 22.9 Å². The van der Waals surface area contributed by atoms with Crippen molar-refractivity contribution >= 4 is 35.3 Å². The lowest BCUT2D eigenvalue weighted by atomic mass is 10.0. The minimum atomic E-state index is -0.754. The van der Waals surface area contributed by atoms with Crippen molar-refractivity contribution in [2.75, 3.05) is 26.2 Å². The number of primary amides is 1. The summed E-state index contributed by atoms with van der Waals surface area (Å²) in [4.78, 5) is 75.3. The van der Waals surface area contributed by atoms with E-state index < -0.39 is 24.0 Å². The Balaban J connectivity index is 4.53. The van der Waals surface area contributed by atoms with Crippen LogP contribution in [0.2, 0.25) is 0 Å². The Hall–Kier alpha value is -3.10. The van der Waals surface area contributed by atoms with E-state index in [-0.39, 0.29) is 35.8 Å². The summed E-state index contributed by atoms with van der Waals surface area (Å²) in [5.74, 6) is -1.15. The average Bonchev–Trinajstić information content (AvgIpc) is 3.17. The number of carbonyl (C=O) groups excluding carboxylic acids is 6. The van der Waals surface area contributed by atoms with Gasteiger partial charge in [-0.05, 0) is 110 Å². The molecule has 0 aliphatic carbocycles. The molecular formula is C42H82N8O6. The van der Waals surface area contributed by atoms with Gasteiger partial charge in [-0.2, -0.15) is 0 Å². The SMILES string of the molecule is CCCCCC(=O)CCCCCC(=O)NC(CCCCN)C(=O)NC(CCCCN)C(=O)NCCCCCCCCCCCC(=O)NC(CCCCN)C(N)=O. The molecule has 0 fully saturated rings. The van der Waals surface area contributed by atoms with E-state index in [0.717, 1.165) is 116 Å². The van der Waals surface area contributed by atoms with Crippen molar-refractivity contribution < 1.29 is 28.8 Å². The summed E-state index contributed by atoms with van der Waals surface area (Å²) >= 11 is 0. The molecule has 0 aromatic carbocycles. The van der Waals surface area contributed by atoms with Crippen molar-refractivity contribution in [3.63, 3.8) is 0 Å². The molecular weight excluding hydrogens is 713 g/mol. The summed E-state index contributed by atoms with van der Waals surface area (Å²) in [7, 11) is 0. The van der Waals surface area contributed by atoms with Crippen LogP contribution in [0, 0.1) is 0 Å². The first-order chi connectivity index (χ1) is 27.1. The third-order valence-corrected chi connectivity index (χ3v) is 10.1. The number of hydrogen-bond donors (Lipinski definition) is 8. The van der Waals surface area contributed by atoms with Crippen LogP contribution in [0.4, 0.5) is 0 Å². The minimum absolute atomic E-state index is 0.134. The number of nitrogens with two attached hydrogens (primary N) is 4. The highest BCUT2D eigenvalue weighted by Crippen LogP contribution is 2.12. The second kappa shape index (κ2) is 37.5. The molecule has 0 aliphatic heterocycles. The molecule has 14 heteroatoms. The van der Waals surface area contributed by atoms with Gasteiger partial charge in [0.2, 0.25) is 29.5 Å². The van der Waals surface area contributed by atoms with Crippen LogP contribution < -0.4 is 44.2 Å². The molecule has 0 bridgehead atoms. The Bertz CT molecular complexity index is 1060. The van der Waals surface area contributed by atoms with E-state index >= 15 is 0 Å². The monoisotopic (exact) mass is 795 g/mol. The highest BCUT2D eigenvalue weighted by Gasteiger charge is 2.26. The van der Waals surface area contributed by atoms with Crippen LogP contribution in [0.5, 0.6) is 0 Å². The number of amides is 5. The first kappa shape index (κ1) is 52.9. The second-order valence-electron chi connectivity index (χ2n) is 15.3. The number of nitrogens with one attached hydrogen (secondary N) is 4. The van der Waals surface area contributed by atoms with Crippen molar-refractivity contribution in [2.45, 2.75) is 205 Å². The quantitative estimate of drug-likeness (QED) is 0.0408. The molecule has 5 amide bonds. The van der Waals surface area contributed by atoms with Crippen LogP contribution in [0.15, 0.2) is 0 Å². The molecule has 56 heavy (non-hydrogen) atoms. The molecule has 0 aliphatic rings. The second-order valence-corrected chi connectivity index (χ2v) is 15.3. The predicted molar refractivity (Wildman–Crippen MR) is 225 cm³/mol. The molecule has 12 N–H and O–H groups in total. The van der Waals surface area contributed by atoms with Crippen molar-refractivity contribution in [1.82, 2.24) is 21.3 Å². The summed E-state index contributed by atoms with van der Waals surface area (Å²) in [6, 6.07) is -2.09. The first-order valence-electron chi connectivity index (χ1n) is 22.2. The Morgan fingerprint density at radius 1 is 0.429 bits per heavy atom. The molecule has 14 nitrogen and oxygen atoms in total. The van der Waals surface area contributed by atoms with Gasteiger partial charge in [0.15, 0.2) is 0 Å². The standard InChI is InChI=1S/C42H82N8O6/c1-2-3-12-23-34(51)24-13-11-15-29-39(53)49-37(27-18-21-32-45)42(56)50-36(26-17-20-31-44)41(55)47-33-22-10-8-6-4-5-7-9-14-28-38(52)48-35(40(46)54)25-16-19-30-43/h35-37H,2-33,43-45H2,1H3,(H2,46,54)(H,47,55)(H,48,52)(H,49,53)(H,50,56). The molecule has 0 saturated heterocycles. The van der Waals surface area contributed by atoms with Gasteiger partial charge in [-0.15, -0.1) is 0 Å². The Kier molecular flexibility index (Phi) is 35.4. The van der Waals surface area contributed by atoms with Gasteiger partial charge in [0, 0.05) is 32.2 Å². The fourth-order valence-electron chi connectivity index (χ4n) is 6.57. The van der Waals surface area contributed by atoms with Gasteiger partial charge in [0.25, 0.3) is 0 Å². The molecule has 0 rings (SSSR count). The number of unbranched alkanes of at least 4 members (excludes halogenated alkanes) is 15. The number of Topliss-reactive ketones (excluding diaryl/α,β-unsaturated/α-hetero) is 1. The summed E-state index contributed by atoms with van der Waals surface area (Å²) in [5.41, 5.74) is 22.3. The van der Waals surface area contributed by atoms with Crippen LogP contribution >= 0.6 is 0 Å². The summed E-state index contributed by atoms with van der Waals surface area (Å²) < 4.78 is 0. The van der Waals surface area contributed by atoms with Gasteiger partial charge in [0.05, 0.1) is 0 Å². The average molecular weight is 795 g/mol. The van der Waals surface area contributed by atoms with Crippen LogP contribution in [-0.4, -0.2) is 79.6 Å². The Labute approximate surface area is 338 Å². The number of hydrogen-bond acceptors (Lipinski definition) is 9. The fraction of sp³-hybridized carbons (Fsp3) is 0.857. The van der Waals surface area contributed by atoms with Crippen LogP contribution in [-0.2, 0) is 28.8 Å². The zero-order chi connectivity index (χ0) is 41.7. The lowest BCUT2D eigenvalue weighted by molar-refractivity contribution is -0.132. The van der Waals surface area contributed by atoms with E-state index in [2.05, 4.69) is 28.2 Å². The molecule has 0 heterocycles. The van der Waals surface area contributed by atoms with Crippen LogP contribution in [0.3, 0.4) is 0 Å². The molecule has 0 spiro atoms. The van der Waals surface area contributed by atoms with Gasteiger partial charge in [-0.1, -0.05) is 71.1 Å². The van der Waals surface area contributed by atoms with Gasteiger partial charge in [-0.3, -0.25) is 28.8 Å². The fourth-order valence-corrected chi connectivity index (χ4v) is 6.57. The van der Waals surface area contributed by atoms with Gasteiger partial charge in [0.1, 0.15) is 23.9 Å². The van der Waals surface area contributed by atoms with Crippen molar-refractivity contribution in [3.8, 4) is 0 Å². The molecule has 0 saturated carbocycles. The van der Waals surface area contributed by atoms with E-state index in [0.29, 0.717) is 84.0 Å². The third-order valence-electron chi connectivity index (χ3n) is 10.1. The smallest absolute Gasteiger partial charge is 0.243 e. The highest BCUT2D eigenvalue weighted by molar-refractivity contribution is 5.92. The normalized spacial score (nSPS) is 12.7. The van der Waals surface area contributed by atoms with Crippen molar-refractivity contribution in [3.05, 3.63) is 0 Å². The molecule has 0 aromatic heterocycles. The van der Waals surface area contributed by atoms with E-state index in [1.165, 1.54) is 0 Å². The topological polar surface area (TPSA) is 255 Å². The maximum Gasteiger partial charge on any atom is 0.243 e. The van der Waals surface area contributed by atoms with E-state index in [9.17, 15) is 28.8 Å². The number of ketones is 1. The van der Waals surface area contributed by atoms with E-state index in [1.807, 2.05) is 0 Å².